The normalized spacial score (nSPS) is 14.9. The van der Waals surface area contributed by atoms with Crippen molar-refractivity contribution in [1.82, 2.24) is 25.0 Å². The minimum atomic E-state index is -0.116. The van der Waals surface area contributed by atoms with Crippen LogP contribution >= 0.6 is 11.6 Å². The van der Waals surface area contributed by atoms with Crippen molar-refractivity contribution in [2.75, 3.05) is 19.6 Å². The Balaban J connectivity index is 1.36. The average molecular weight is 412 g/mol. The fraction of sp³-hybridized carbons (Fsp3) is 0.333. The minimum Gasteiger partial charge on any atom is -0.352 e. The largest absolute Gasteiger partial charge is 0.352 e. The second-order valence-electron chi connectivity index (χ2n) is 7.36. The predicted molar refractivity (Wildman–Crippen MR) is 111 cm³/mol. The molecular formula is C21H22ClN5O2. The summed E-state index contributed by atoms with van der Waals surface area (Å²) in [5, 5.41) is 8.12. The van der Waals surface area contributed by atoms with Crippen LogP contribution in [0.5, 0.6) is 0 Å². The van der Waals surface area contributed by atoms with Gasteiger partial charge in [0.1, 0.15) is 5.15 Å². The number of rotatable bonds is 4. The number of likely N-dealkylation sites (tertiary alicyclic amines) is 1. The Kier molecular flexibility index (Phi) is 5.49. The number of nitrogens with zero attached hydrogens (tertiary/aromatic N) is 4. The highest BCUT2D eigenvalue weighted by molar-refractivity contribution is 6.30. The van der Waals surface area contributed by atoms with Crippen molar-refractivity contribution in [3.05, 3.63) is 59.0 Å². The third kappa shape index (κ3) is 4.24. The van der Waals surface area contributed by atoms with E-state index >= 15 is 0 Å². The van der Waals surface area contributed by atoms with Crippen LogP contribution in [0, 0.1) is 5.92 Å². The molecule has 0 atom stereocenters. The molecule has 1 fully saturated rings. The second-order valence-corrected chi connectivity index (χ2v) is 7.75. The molecule has 7 nitrogen and oxygen atoms in total. The van der Waals surface area contributed by atoms with Gasteiger partial charge in [-0.2, -0.15) is 5.10 Å². The van der Waals surface area contributed by atoms with Gasteiger partial charge in [0.05, 0.1) is 22.8 Å². The number of benzene rings is 1. The van der Waals surface area contributed by atoms with Crippen molar-refractivity contribution in [3.63, 3.8) is 0 Å². The van der Waals surface area contributed by atoms with Crippen LogP contribution < -0.4 is 5.32 Å². The van der Waals surface area contributed by atoms with E-state index in [-0.39, 0.29) is 11.8 Å². The molecule has 3 heterocycles. The number of piperidine rings is 1. The molecule has 29 heavy (non-hydrogen) atoms. The van der Waals surface area contributed by atoms with Gasteiger partial charge in [-0.05, 0) is 30.9 Å². The summed E-state index contributed by atoms with van der Waals surface area (Å²) in [6.45, 7) is 1.90. The zero-order valence-electron chi connectivity index (χ0n) is 16.1. The quantitative estimate of drug-likeness (QED) is 0.669. The van der Waals surface area contributed by atoms with E-state index in [1.165, 1.54) is 0 Å². The number of hydrogen-bond acceptors (Lipinski definition) is 4. The zero-order chi connectivity index (χ0) is 20.4. The summed E-state index contributed by atoms with van der Waals surface area (Å²) in [4.78, 5) is 31.4. The van der Waals surface area contributed by atoms with Crippen molar-refractivity contribution in [2.45, 2.75) is 12.8 Å². The summed E-state index contributed by atoms with van der Waals surface area (Å²) in [7, 11) is 1.78. The highest BCUT2D eigenvalue weighted by Crippen LogP contribution is 2.24. The smallest absolute Gasteiger partial charge is 0.254 e. The van der Waals surface area contributed by atoms with Gasteiger partial charge in [0.2, 0.25) is 0 Å². The van der Waals surface area contributed by atoms with Crippen LogP contribution in [0.25, 0.3) is 10.9 Å². The molecule has 8 heteroatoms. The fourth-order valence-corrected chi connectivity index (χ4v) is 3.91. The summed E-state index contributed by atoms with van der Waals surface area (Å²) < 4.78 is 1.61. The number of nitrogens with one attached hydrogen (secondary N) is 1. The topological polar surface area (TPSA) is 80.1 Å². The molecule has 1 aromatic carbocycles. The van der Waals surface area contributed by atoms with Gasteiger partial charge < -0.3 is 10.2 Å². The third-order valence-electron chi connectivity index (χ3n) is 5.34. The molecule has 2 aromatic heterocycles. The lowest BCUT2D eigenvalue weighted by Gasteiger charge is -2.32. The lowest BCUT2D eigenvalue weighted by atomic mass is 9.96. The molecule has 0 aliphatic carbocycles. The average Bonchev–Trinajstić information content (AvgIpc) is 3.17. The number of carbonyl (C=O) groups is 2. The first kappa shape index (κ1) is 19.4. The standard InChI is InChI=1S/C21H22ClN5O2/c1-26-13-15(12-24-26)20(28)23-11-14-6-8-27(9-7-14)21(29)17-10-19(22)25-18-5-3-2-4-16(17)18/h2-5,10,12-14H,6-9,11H2,1H3,(H,23,28). The molecule has 0 saturated carbocycles. The highest BCUT2D eigenvalue weighted by Gasteiger charge is 2.25. The zero-order valence-corrected chi connectivity index (χ0v) is 16.9. The molecule has 1 aliphatic heterocycles. The van der Waals surface area contributed by atoms with E-state index in [4.69, 9.17) is 11.6 Å². The van der Waals surface area contributed by atoms with Crippen molar-refractivity contribution in [3.8, 4) is 0 Å². The summed E-state index contributed by atoms with van der Waals surface area (Å²) in [6, 6.07) is 9.17. The molecule has 3 aromatic rings. The van der Waals surface area contributed by atoms with E-state index in [0.717, 1.165) is 23.7 Å². The number of pyridine rings is 1. The van der Waals surface area contributed by atoms with Crippen LogP contribution in [0.3, 0.4) is 0 Å². The third-order valence-corrected chi connectivity index (χ3v) is 5.53. The molecule has 0 spiro atoms. The number of aryl methyl sites for hydroxylation is 1. The minimum absolute atomic E-state index is 0.0247. The molecule has 4 rings (SSSR count). The Morgan fingerprint density at radius 1 is 1.24 bits per heavy atom. The Morgan fingerprint density at radius 3 is 2.72 bits per heavy atom. The van der Waals surface area contributed by atoms with Crippen LogP contribution in [0.1, 0.15) is 33.6 Å². The number of fused-ring (bicyclic) bond motifs is 1. The first-order valence-electron chi connectivity index (χ1n) is 9.62. The number of para-hydroxylation sites is 1. The maximum atomic E-state index is 13.1. The molecule has 1 aliphatic rings. The van der Waals surface area contributed by atoms with Gasteiger partial charge in [-0.1, -0.05) is 29.8 Å². The molecule has 1 saturated heterocycles. The van der Waals surface area contributed by atoms with Crippen molar-refractivity contribution in [1.29, 1.82) is 0 Å². The maximum Gasteiger partial charge on any atom is 0.254 e. The molecule has 0 radical (unpaired) electrons. The van der Waals surface area contributed by atoms with Gasteiger partial charge in [-0.15, -0.1) is 0 Å². The maximum absolute atomic E-state index is 13.1. The number of carbonyl (C=O) groups excluding carboxylic acids is 2. The summed E-state index contributed by atoms with van der Waals surface area (Å²) in [5.74, 6) is 0.204. The molecule has 0 unspecified atom stereocenters. The Bertz CT molecular complexity index is 1060. The lowest BCUT2D eigenvalue weighted by molar-refractivity contribution is 0.0686. The monoisotopic (exact) mass is 411 g/mol. The van der Waals surface area contributed by atoms with E-state index in [9.17, 15) is 9.59 Å². The van der Waals surface area contributed by atoms with Crippen LogP contribution in [0.2, 0.25) is 5.15 Å². The SMILES string of the molecule is Cn1cc(C(=O)NCC2CCN(C(=O)c3cc(Cl)nc4ccccc34)CC2)cn1. The van der Waals surface area contributed by atoms with Gasteiger partial charge >= 0.3 is 0 Å². The number of aromatic nitrogens is 3. The van der Waals surface area contributed by atoms with Gasteiger partial charge in [-0.3, -0.25) is 14.3 Å². The molecule has 1 N–H and O–H groups in total. The summed E-state index contributed by atoms with van der Waals surface area (Å²) in [5.41, 5.74) is 1.86. The van der Waals surface area contributed by atoms with Crippen LogP contribution in [-0.2, 0) is 7.05 Å². The predicted octanol–water partition coefficient (Wildman–Crippen LogP) is 2.90. The van der Waals surface area contributed by atoms with Crippen molar-refractivity contribution < 1.29 is 9.59 Å². The van der Waals surface area contributed by atoms with E-state index in [1.54, 1.807) is 30.2 Å². The molecular weight excluding hydrogens is 390 g/mol. The van der Waals surface area contributed by atoms with E-state index in [2.05, 4.69) is 15.4 Å². The van der Waals surface area contributed by atoms with E-state index in [0.29, 0.717) is 41.8 Å². The van der Waals surface area contributed by atoms with Crippen LogP contribution in [0.15, 0.2) is 42.7 Å². The molecule has 2 amide bonds. The van der Waals surface area contributed by atoms with E-state index in [1.807, 2.05) is 29.2 Å². The van der Waals surface area contributed by atoms with Gasteiger partial charge in [-0.25, -0.2) is 4.98 Å². The van der Waals surface area contributed by atoms with Gasteiger partial charge in [0, 0.05) is 38.3 Å². The van der Waals surface area contributed by atoms with Crippen molar-refractivity contribution >= 4 is 34.3 Å². The fourth-order valence-electron chi connectivity index (χ4n) is 3.71. The van der Waals surface area contributed by atoms with Crippen molar-refractivity contribution in [2.24, 2.45) is 13.0 Å². The first-order chi connectivity index (χ1) is 14.0. The van der Waals surface area contributed by atoms with Crippen LogP contribution in [-0.4, -0.2) is 51.1 Å². The summed E-state index contributed by atoms with van der Waals surface area (Å²) >= 11 is 6.12. The van der Waals surface area contributed by atoms with Gasteiger partial charge in [0.15, 0.2) is 0 Å². The number of halogens is 1. The number of hydrogen-bond donors (Lipinski definition) is 1. The molecule has 0 bridgehead atoms. The Labute approximate surface area is 173 Å². The Morgan fingerprint density at radius 2 is 2.00 bits per heavy atom. The van der Waals surface area contributed by atoms with Crippen LogP contribution in [0.4, 0.5) is 0 Å². The highest BCUT2D eigenvalue weighted by atomic mass is 35.5. The second kappa shape index (κ2) is 8.21. The van der Waals surface area contributed by atoms with Gasteiger partial charge in [0.25, 0.3) is 11.8 Å². The lowest BCUT2D eigenvalue weighted by Crippen LogP contribution is -2.41. The Hall–Kier alpha value is -2.93. The number of amides is 2. The molecule has 150 valence electrons. The summed E-state index contributed by atoms with van der Waals surface area (Å²) in [6.07, 6.45) is 4.94. The van der Waals surface area contributed by atoms with E-state index < -0.39 is 0 Å². The first-order valence-corrected chi connectivity index (χ1v) is 10.0.